The first-order chi connectivity index (χ1) is 7.36. The lowest BCUT2D eigenvalue weighted by Crippen LogP contribution is -2.51. The van der Waals surface area contributed by atoms with Crippen LogP contribution in [-0.2, 0) is 0 Å². The highest BCUT2D eigenvalue weighted by atomic mass is 14.1. The third-order valence-electron chi connectivity index (χ3n) is 3.66. The number of hydrogen-bond acceptors (Lipinski definition) is 0. The minimum atomic E-state index is 0.597. The molecule has 1 aromatic carbocycles. The molecule has 0 nitrogen and oxygen atoms in total. The van der Waals surface area contributed by atoms with Crippen molar-refractivity contribution in [2.45, 2.75) is 18.5 Å². The molecule has 0 aromatic heterocycles. The zero-order valence-corrected chi connectivity index (χ0v) is 8.93. The van der Waals surface area contributed by atoms with Gasteiger partial charge in [-0.1, -0.05) is 66.3 Å². The Hall–Kier alpha value is -1.17. The lowest BCUT2D eigenvalue weighted by atomic mass is 9.25. The first-order valence-corrected chi connectivity index (χ1v) is 5.65. The number of rotatable bonds is 0. The van der Waals surface area contributed by atoms with Gasteiger partial charge in [-0.05, 0) is 11.6 Å². The Morgan fingerprint density at radius 1 is 1.13 bits per heavy atom. The molecular formula is C13H13B2. The molecule has 2 aliphatic rings. The van der Waals surface area contributed by atoms with Crippen molar-refractivity contribution in [3.63, 3.8) is 0 Å². The fourth-order valence-corrected chi connectivity index (χ4v) is 2.80. The molecule has 2 atom stereocenters. The van der Waals surface area contributed by atoms with E-state index in [9.17, 15) is 0 Å². The Labute approximate surface area is 92.4 Å². The maximum Gasteiger partial charge on any atom is 0.178 e. The van der Waals surface area contributed by atoms with Crippen molar-refractivity contribution < 1.29 is 0 Å². The second kappa shape index (κ2) is 3.44. The van der Waals surface area contributed by atoms with E-state index in [2.05, 4.69) is 62.7 Å². The maximum absolute atomic E-state index is 2.40. The third-order valence-corrected chi connectivity index (χ3v) is 3.66. The predicted octanol–water partition coefficient (Wildman–Crippen LogP) is 1.65. The van der Waals surface area contributed by atoms with Crippen LogP contribution in [0.2, 0.25) is 18.5 Å². The van der Waals surface area contributed by atoms with E-state index in [1.807, 2.05) is 0 Å². The third kappa shape index (κ3) is 1.40. The van der Waals surface area contributed by atoms with Gasteiger partial charge in [0.2, 0.25) is 0 Å². The predicted molar refractivity (Wildman–Crippen MR) is 68.9 cm³/mol. The van der Waals surface area contributed by atoms with Gasteiger partial charge in [0.15, 0.2) is 14.0 Å². The van der Waals surface area contributed by atoms with Crippen molar-refractivity contribution in [2.24, 2.45) is 0 Å². The fourth-order valence-electron chi connectivity index (χ4n) is 2.80. The van der Waals surface area contributed by atoms with Crippen LogP contribution in [-0.4, -0.2) is 14.0 Å². The summed E-state index contributed by atoms with van der Waals surface area (Å²) in [5, 5.41) is 0. The summed E-state index contributed by atoms with van der Waals surface area (Å²) in [5.74, 6) is 1.25. The highest BCUT2D eigenvalue weighted by molar-refractivity contribution is 6.83. The van der Waals surface area contributed by atoms with Crippen LogP contribution in [0.3, 0.4) is 0 Å². The van der Waals surface area contributed by atoms with E-state index in [0.717, 1.165) is 0 Å². The Morgan fingerprint density at radius 2 is 1.93 bits per heavy atom. The lowest BCUT2D eigenvalue weighted by molar-refractivity contribution is 0.985. The Bertz CT molecular complexity index is 434. The van der Waals surface area contributed by atoms with E-state index in [4.69, 9.17) is 0 Å². The number of fused-ring (bicyclic) bond motifs is 2. The zero-order chi connectivity index (χ0) is 10.3. The van der Waals surface area contributed by atoms with Gasteiger partial charge >= 0.3 is 0 Å². The normalized spacial score (nSPS) is 26.9. The molecular weight excluding hydrogens is 178 g/mol. The maximum atomic E-state index is 2.40. The number of hydrogen-bond donors (Lipinski definition) is 0. The van der Waals surface area contributed by atoms with E-state index in [1.54, 1.807) is 0 Å². The van der Waals surface area contributed by atoms with Crippen molar-refractivity contribution >= 4 is 24.9 Å². The zero-order valence-electron chi connectivity index (χ0n) is 8.93. The molecule has 0 spiro atoms. The van der Waals surface area contributed by atoms with Crippen molar-refractivity contribution in [3.05, 3.63) is 48.6 Å². The van der Waals surface area contributed by atoms with Gasteiger partial charge in [0, 0.05) is 0 Å². The van der Waals surface area contributed by atoms with Gasteiger partial charge in [-0.2, -0.15) is 0 Å². The van der Waals surface area contributed by atoms with Crippen molar-refractivity contribution in [1.29, 1.82) is 0 Å². The molecule has 15 heavy (non-hydrogen) atoms. The van der Waals surface area contributed by atoms with Crippen molar-refractivity contribution in [1.82, 2.24) is 0 Å². The highest BCUT2D eigenvalue weighted by Crippen LogP contribution is 2.34. The van der Waals surface area contributed by atoms with Crippen LogP contribution in [0.4, 0.5) is 0 Å². The van der Waals surface area contributed by atoms with Crippen LogP contribution >= 0.6 is 0 Å². The monoisotopic (exact) mass is 191 g/mol. The second-order valence-corrected chi connectivity index (χ2v) is 4.51. The molecule has 0 bridgehead atoms. The minimum Gasteiger partial charge on any atom is -0.0925 e. The molecule has 2 heteroatoms. The van der Waals surface area contributed by atoms with Crippen molar-refractivity contribution in [3.8, 4) is 0 Å². The van der Waals surface area contributed by atoms with Crippen LogP contribution in [0.15, 0.2) is 48.6 Å². The first kappa shape index (κ1) is 9.08. The minimum absolute atomic E-state index is 0.597. The molecule has 0 saturated carbocycles. The second-order valence-electron chi connectivity index (χ2n) is 4.51. The summed E-state index contributed by atoms with van der Waals surface area (Å²) >= 11 is 0. The quantitative estimate of drug-likeness (QED) is 0.546. The molecule has 0 fully saturated rings. The molecule has 0 saturated heterocycles. The average molecular weight is 191 g/mol. The van der Waals surface area contributed by atoms with Gasteiger partial charge in [0.25, 0.3) is 0 Å². The van der Waals surface area contributed by atoms with Gasteiger partial charge in [-0.25, -0.2) is 0 Å². The summed E-state index contributed by atoms with van der Waals surface area (Å²) < 4.78 is 0. The summed E-state index contributed by atoms with van der Waals surface area (Å²) in [6, 6.07) is 8.77. The fraction of sp³-hybridized carbons (Fsp3) is 0.231. The molecule has 3 rings (SSSR count). The topological polar surface area (TPSA) is 0 Å². The molecule has 0 amide bonds. The Kier molecular flexibility index (Phi) is 2.09. The van der Waals surface area contributed by atoms with Crippen LogP contribution in [0.25, 0.3) is 0 Å². The number of benzene rings is 1. The summed E-state index contributed by atoms with van der Waals surface area (Å²) in [6.45, 7) is 2.98. The van der Waals surface area contributed by atoms with Crippen LogP contribution in [0, 0.1) is 0 Å². The van der Waals surface area contributed by atoms with Gasteiger partial charge < -0.3 is 0 Å². The molecule has 71 valence electrons. The molecule has 2 unspecified atom stereocenters. The standard InChI is InChI=1S/C13H13B2/c1-15-12-8-4-2-6-10(12)14-11-7-3-5-9-13(11)15/h2-10,12H,1H3. The molecule has 0 N–H and O–H groups in total. The smallest absolute Gasteiger partial charge is 0.0925 e. The van der Waals surface area contributed by atoms with E-state index in [0.29, 0.717) is 18.3 Å². The summed E-state index contributed by atoms with van der Waals surface area (Å²) in [5.41, 5.74) is 2.92. The van der Waals surface area contributed by atoms with Gasteiger partial charge in [0.1, 0.15) is 0 Å². The molecule has 1 heterocycles. The summed E-state index contributed by atoms with van der Waals surface area (Å²) in [4.78, 5) is 0. The summed E-state index contributed by atoms with van der Waals surface area (Å²) in [7, 11) is 2.40. The number of allylic oxidation sites excluding steroid dienone is 4. The van der Waals surface area contributed by atoms with Crippen LogP contribution < -0.4 is 10.9 Å². The lowest BCUT2D eigenvalue weighted by Gasteiger charge is -2.34. The van der Waals surface area contributed by atoms with Crippen LogP contribution in [0.1, 0.15) is 0 Å². The van der Waals surface area contributed by atoms with Crippen molar-refractivity contribution in [2.75, 3.05) is 0 Å². The molecule has 1 aliphatic heterocycles. The highest BCUT2D eigenvalue weighted by Gasteiger charge is 2.34. The van der Waals surface area contributed by atoms with Crippen LogP contribution in [0.5, 0.6) is 0 Å². The van der Waals surface area contributed by atoms with E-state index in [1.165, 1.54) is 10.9 Å². The first-order valence-electron chi connectivity index (χ1n) is 5.65. The Balaban J connectivity index is 2.07. The van der Waals surface area contributed by atoms with E-state index < -0.39 is 0 Å². The Morgan fingerprint density at radius 3 is 2.87 bits per heavy atom. The average Bonchev–Trinajstić information content (AvgIpc) is 2.30. The SMILES string of the molecule is CB1c2ccccc2[B]C2C=CC=CC12. The van der Waals surface area contributed by atoms with Gasteiger partial charge in [-0.3, -0.25) is 0 Å². The van der Waals surface area contributed by atoms with Gasteiger partial charge in [-0.15, -0.1) is 0 Å². The van der Waals surface area contributed by atoms with E-state index in [-0.39, 0.29) is 0 Å². The summed E-state index contributed by atoms with van der Waals surface area (Å²) in [6.07, 6.45) is 9.01. The molecule has 1 radical (unpaired) electrons. The molecule has 1 aromatic rings. The van der Waals surface area contributed by atoms with E-state index >= 15 is 0 Å². The molecule has 1 aliphatic carbocycles. The van der Waals surface area contributed by atoms with Gasteiger partial charge in [0.05, 0.1) is 0 Å². The largest absolute Gasteiger partial charge is 0.178 e.